The van der Waals surface area contributed by atoms with Crippen molar-refractivity contribution in [3.8, 4) is 0 Å². The summed E-state index contributed by atoms with van der Waals surface area (Å²) in [5, 5.41) is 8.02. The fraction of sp³-hybridized carbons (Fsp3) is 0.588. The molecule has 1 aromatic carbocycles. The molecule has 0 spiro atoms. The van der Waals surface area contributed by atoms with Crippen LogP contribution in [-0.2, 0) is 14.8 Å². The summed E-state index contributed by atoms with van der Waals surface area (Å²) in [6, 6.07) is 6.39. The largest absolute Gasteiger partial charge is 0.355 e. The van der Waals surface area contributed by atoms with E-state index in [2.05, 4.69) is 26.1 Å². The Kier molecular flexibility index (Phi) is 6.95. The van der Waals surface area contributed by atoms with Crippen molar-refractivity contribution >= 4 is 15.9 Å². The average molecular weight is 356 g/mol. The second kappa shape index (κ2) is 8.09. The average Bonchev–Trinajstić information content (AvgIpc) is 2.44. The molecule has 1 amide bonds. The maximum absolute atomic E-state index is 12.0. The molecule has 6 nitrogen and oxygen atoms in total. The van der Waals surface area contributed by atoms with E-state index < -0.39 is 10.0 Å². The summed E-state index contributed by atoms with van der Waals surface area (Å²) >= 11 is 0. The Bertz CT molecular complexity index is 649. The van der Waals surface area contributed by atoms with Crippen molar-refractivity contribution in [3.63, 3.8) is 0 Å². The lowest BCUT2D eigenvalue weighted by Gasteiger charge is -2.25. The maximum Gasteiger partial charge on any atom is 0.238 e. The number of nitrogens with one attached hydrogen (secondary N) is 1. The van der Waals surface area contributed by atoms with Crippen LogP contribution in [-0.4, -0.2) is 39.4 Å². The molecule has 0 heterocycles. The molecule has 0 aliphatic heterocycles. The molecule has 0 aliphatic rings. The number of carbonyl (C=O) groups excluding carboxylic acids is 1. The van der Waals surface area contributed by atoms with Crippen molar-refractivity contribution in [3.05, 3.63) is 29.8 Å². The number of benzene rings is 1. The van der Waals surface area contributed by atoms with E-state index in [0.717, 1.165) is 12.0 Å². The quantitative estimate of drug-likeness (QED) is 0.781. The minimum absolute atomic E-state index is 0.0187. The van der Waals surface area contributed by atoms with Crippen LogP contribution in [0.25, 0.3) is 0 Å². The summed E-state index contributed by atoms with van der Waals surface area (Å²) in [6.07, 6.45) is 0.924. The van der Waals surface area contributed by atoms with Gasteiger partial charge < -0.3 is 5.32 Å². The van der Waals surface area contributed by atoms with Gasteiger partial charge in [0, 0.05) is 12.6 Å². The second-order valence-corrected chi connectivity index (χ2v) is 8.93. The highest BCUT2D eigenvalue weighted by atomic mass is 32.2. The third-order valence-corrected chi connectivity index (χ3v) is 4.87. The Balaban J connectivity index is 2.58. The van der Waals surface area contributed by atoms with E-state index in [1.54, 1.807) is 12.1 Å². The van der Waals surface area contributed by atoms with Gasteiger partial charge in [0.15, 0.2) is 0 Å². The number of likely N-dealkylation sites (N-methyl/N-ethyl adjacent to an activating group) is 1. The number of rotatable bonds is 7. The van der Waals surface area contributed by atoms with Crippen LogP contribution < -0.4 is 10.5 Å². The summed E-state index contributed by atoms with van der Waals surface area (Å²) in [5.74, 6) is -0.0187. The molecule has 1 aromatic rings. The van der Waals surface area contributed by atoms with E-state index >= 15 is 0 Å². The molecular weight excluding hydrogens is 326 g/mol. The lowest BCUT2D eigenvalue weighted by molar-refractivity contribution is -0.122. The predicted molar refractivity (Wildman–Crippen MR) is 95.9 cm³/mol. The molecule has 3 N–H and O–H groups in total. The highest BCUT2D eigenvalue weighted by molar-refractivity contribution is 7.89. The van der Waals surface area contributed by atoms with E-state index in [9.17, 15) is 13.2 Å². The Hall–Kier alpha value is -1.44. The Morgan fingerprint density at radius 2 is 1.79 bits per heavy atom. The van der Waals surface area contributed by atoms with Crippen LogP contribution in [0.1, 0.15) is 45.7 Å². The first kappa shape index (κ1) is 20.6. The number of amides is 1. The van der Waals surface area contributed by atoms with Crippen LogP contribution in [0.3, 0.4) is 0 Å². The summed E-state index contributed by atoms with van der Waals surface area (Å²) in [7, 11) is -1.82. The van der Waals surface area contributed by atoms with E-state index in [1.165, 1.54) is 12.1 Å². The van der Waals surface area contributed by atoms with Gasteiger partial charge in [0.05, 0.1) is 11.4 Å². The van der Waals surface area contributed by atoms with Crippen LogP contribution in [0.4, 0.5) is 0 Å². The van der Waals surface area contributed by atoms with E-state index in [1.807, 2.05) is 18.9 Å². The molecule has 0 saturated heterocycles. The number of sulfonamides is 1. The number of hydrogen-bond donors (Lipinski definition) is 2. The summed E-state index contributed by atoms with van der Waals surface area (Å²) in [5.41, 5.74) is 1.12. The monoisotopic (exact) mass is 355 g/mol. The van der Waals surface area contributed by atoms with Gasteiger partial charge in [-0.15, -0.1) is 0 Å². The molecular formula is C17H29N3O3S. The van der Waals surface area contributed by atoms with Crippen LogP contribution in [0.2, 0.25) is 0 Å². The summed E-state index contributed by atoms with van der Waals surface area (Å²) in [6.45, 7) is 9.32. The third kappa shape index (κ3) is 6.98. The molecule has 0 bridgehead atoms. The molecule has 0 saturated carbocycles. The fourth-order valence-electron chi connectivity index (χ4n) is 2.19. The van der Waals surface area contributed by atoms with Gasteiger partial charge in [-0.3, -0.25) is 9.69 Å². The topological polar surface area (TPSA) is 92.5 Å². The molecule has 0 radical (unpaired) electrons. The van der Waals surface area contributed by atoms with Crippen LogP contribution in [0.5, 0.6) is 0 Å². The number of nitrogens with two attached hydrogens (primary N) is 1. The van der Waals surface area contributed by atoms with Crippen LogP contribution in [0, 0.1) is 5.41 Å². The normalized spacial score (nSPS) is 13.8. The molecule has 24 heavy (non-hydrogen) atoms. The summed E-state index contributed by atoms with van der Waals surface area (Å²) in [4.78, 5) is 14.0. The molecule has 1 atom stereocenters. The minimum Gasteiger partial charge on any atom is -0.355 e. The van der Waals surface area contributed by atoms with Gasteiger partial charge in [0.25, 0.3) is 0 Å². The molecule has 1 rings (SSSR count). The number of hydrogen-bond acceptors (Lipinski definition) is 4. The Morgan fingerprint density at radius 3 is 2.25 bits per heavy atom. The molecule has 7 heteroatoms. The van der Waals surface area contributed by atoms with Gasteiger partial charge in [-0.1, -0.05) is 32.9 Å². The van der Waals surface area contributed by atoms with Gasteiger partial charge >= 0.3 is 0 Å². The molecule has 0 fully saturated rings. The van der Waals surface area contributed by atoms with Gasteiger partial charge in [0.2, 0.25) is 15.9 Å². The minimum atomic E-state index is -3.68. The predicted octanol–water partition coefficient (Wildman–Crippen LogP) is 1.88. The maximum atomic E-state index is 12.0. The third-order valence-electron chi connectivity index (χ3n) is 3.94. The molecule has 136 valence electrons. The first-order chi connectivity index (χ1) is 10.9. The number of nitrogens with zero attached hydrogens (tertiary/aromatic N) is 1. The van der Waals surface area contributed by atoms with Crippen molar-refractivity contribution in [2.45, 2.75) is 45.1 Å². The van der Waals surface area contributed by atoms with Crippen molar-refractivity contribution in [2.24, 2.45) is 10.6 Å². The smallest absolute Gasteiger partial charge is 0.238 e. The van der Waals surface area contributed by atoms with Crippen molar-refractivity contribution in [1.29, 1.82) is 0 Å². The van der Waals surface area contributed by atoms with E-state index in [-0.39, 0.29) is 28.8 Å². The van der Waals surface area contributed by atoms with Crippen molar-refractivity contribution in [2.75, 3.05) is 20.1 Å². The lowest BCUT2D eigenvalue weighted by Crippen LogP contribution is -2.37. The zero-order valence-electron chi connectivity index (χ0n) is 15.2. The van der Waals surface area contributed by atoms with E-state index in [0.29, 0.717) is 6.54 Å². The molecule has 0 aromatic heterocycles. The van der Waals surface area contributed by atoms with Crippen LogP contribution in [0.15, 0.2) is 29.2 Å². The van der Waals surface area contributed by atoms with Gasteiger partial charge in [-0.25, -0.2) is 13.6 Å². The first-order valence-electron chi connectivity index (χ1n) is 8.00. The zero-order chi connectivity index (χ0) is 18.5. The lowest BCUT2D eigenvalue weighted by atomic mass is 9.92. The Morgan fingerprint density at radius 1 is 1.25 bits per heavy atom. The summed E-state index contributed by atoms with van der Waals surface area (Å²) < 4.78 is 22.6. The highest BCUT2D eigenvalue weighted by Crippen LogP contribution is 2.20. The first-order valence-corrected chi connectivity index (χ1v) is 9.54. The van der Waals surface area contributed by atoms with Crippen LogP contribution >= 0.6 is 0 Å². The number of primary sulfonamides is 1. The number of carbonyl (C=O) groups is 1. The Labute approximate surface area is 145 Å². The van der Waals surface area contributed by atoms with Crippen molar-refractivity contribution in [1.82, 2.24) is 10.2 Å². The van der Waals surface area contributed by atoms with Crippen molar-refractivity contribution < 1.29 is 13.2 Å². The molecule has 1 unspecified atom stereocenters. The van der Waals surface area contributed by atoms with Gasteiger partial charge in [0.1, 0.15) is 0 Å². The SMILES string of the molecule is CC(c1ccc(S(N)(=O)=O)cc1)N(C)CC(=O)NCCC(C)(C)C. The van der Waals surface area contributed by atoms with Gasteiger partial charge in [-0.2, -0.15) is 0 Å². The van der Waals surface area contributed by atoms with Gasteiger partial charge in [-0.05, 0) is 43.5 Å². The highest BCUT2D eigenvalue weighted by Gasteiger charge is 2.17. The standard InChI is InChI=1S/C17H29N3O3S/c1-13(14-6-8-15(9-7-14)24(18,22)23)20(5)12-16(21)19-11-10-17(2,3)4/h6-9,13H,10-12H2,1-5H3,(H,19,21)(H2,18,22,23). The fourth-order valence-corrected chi connectivity index (χ4v) is 2.70. The zero-order valence-corrected chi connectivity index (χ0v) is 16.0. The molecule has 0 aliphatic carbocycles. The van der Waals surface area contributed by atoms with E-state index in [4.69, 9.17) is 5.14 Å². The second-order valence-electron chi connectivity index (χ2n) is 7.37.